The lowest BCUT2D eigenvalue weighted by Crippen LogP contribution is -2.26. The van der Waals surface area contributed by atoms with Crippen LogP contribution in [0.2, 0.25) is 0 Å². The van der Waals surface area contributed by atoms with E-state index in [2.05, 4.69) is 31.3 Å². The molecule has 1 aromatic rings. The molecule has 0 saturated heterocycles. The lowest BCUT2D eigenvalue weighted by molar-refractivity contribution is 0.184. The van der Waals surface area contributed by atoms with Gasteiger partial charge in [0.25, 0.3) is 0 Å². The summed E-state index contributed by atoms with van der Waals surface area (Å²) >= 11 is 0. The van der Waals surface area contributed by atoms with Gasteiger partial charge in [0.15, 0.2) is 0 Å². The molecule has 0 aliphatic heterocycles. The van der Waals surface area contributed by atoms with Crippen LogP contribution in [0.15, 0.2) is 18.2 Å². The first-order valence-corrected chi connectivity index (χ1v) is 6.03. The molecule has 96 valence electrons. The van der Waals surface area contributed by atoms with Gasteiger partial charge >= 0.3 is 0 Å². The Hall–Kier alpha value is -1.06. The highest BCUT2D eigenvalue weighted by atomic mass is 16.5. The van der Waals surface area contributed by atoms with Crippen LogP contribution in [-0.2, 0) is 11.3 Å². The molecule has 0 spiro atoms. The maximum Gasteiger partial charge on any atom is 0.123 e. The number of aryl methyl sites for hydroxylation is 1. The molecule has 17 heavy (non-hydrogen) atoms. The minimum atomic E-state index is 0.445. The molecule has 0 aliphatic rings. The first-order chi connectivity index (χ1) is 8.17. The van der Waals surface area contributed by atoms with E-state index in [1.165, 1.54) is 11.1 Å². The zero-order valence-corrected chi connectivity index (χ0v) is 11.2. The van der Waals surface area contributed by atoms with Crippen molar-refractivity contribution in [3.8, 4) is 5.75 Å². The summed E-state index contributed by atoms with van der Waals surface area (Å²) in [6.45, 7) is 5.88. The molecule has 1 unspecified atom stereocenters. The Morgan fingerprint density at radius 1 is 1.29 bits per heavy atom. The molecule has 0 bridgehead atoms. The second-order valence-corrected chi connectivity index (χ2v) is 4.38. The van der Waals surface area contributed by atoms with Crippen molar-refractivity contribution in [2.45, 2.75) is 32.9 Å². The van der Waals surface area contributed by atoms with Crippen LogP contribution in [0.3, 0.4) is 0 Å². The zero-order valence-electron chi connectivity index (χ0n) is 11.2. The minimum Gasteiger partial charge on any atom is -0.496 e. The van der Waals surface area contributed by atoms with E-state index in [1.54, 1.807) is 14.2 Å². The van der Waals surface area contributed by atoms with Crippen molar-refractivity contribution in [3.05, 3.63) is 29.3 Å². The van der Waals surface area contributed by atoms with Crippen molar-refractivity contribution < 1.29 is 9.47 Å². The van der Waals surface area contributed by atoms with Gasteiger partial charge in [0.1, 0.15) is 5.75 Å². The van der Waals surface area contributed by atoms with Gasteiger partial charge in [-0.3, -0.25) is 0 Å². The van der Waals surface area contributed by atoms with Gasteiger partial charge in [-0.15, -0.1) is 0 Å². The zero-order chi connectivity index (χ0) is 12.7. The number of nitrogens with one attached hydrogen (secondary N) is 1. The summed E-state index contributed by atoms with van der Waals surface area (Å²) in [5.41, 5.74) is 2.46. The van der Waals surface area contributed by atoms with Crippen molar-refractivity contribution >= 4 is 0 Å². The van der Waals surface area contributed by atoms with Crippen LogP contribution < -0.4 is 10.1 Å². The van der Waals surface area contributed by atoms with Gasteiger partial charge in [-0.05, 0) is 26.3 Å². The summed E-state index contributed by atoms with van der Waals surface area (Å²) in [4.78, 5) is 0. The van der Waals surface area contributed by atoms with E-state index in [-0.39, 0.29) is 0 Å². The standard InChI is InChI=1S/C14H23NO2/c1-11-5-6-14(17-4)13(9-11)10-15-12(2)7-8-16-3/h5-6,9,12,15H,7-8,10H2,1-4H3. The van der Waals surface area contributed by atoms with Crippen molar-refractivity contribution in [2.75, 3.05) is 20.8 Å². The molecule has 3 nitrogen and oxygen atoms in total. The van der Waals surface area contributed by atoms with E-state index in [9.17, 15) is 0 Å². The fourth-order valence-electron chi connectivity index (χ4n) is 1.73. The molecule has 3 heteroatoms. The summed E-state index contributed by atoms with van der Waals surface area (Å²) in [5.74, 6) is 0.946. The highest BCUT2D eigenvalue weighted by Crippen LogP contribution is 2.19. The molecule has 0 radical (unpaired) electrons. The summed E-state index contributed by atoms with van der Waals surface area (Å²) < 4.78 is 10.4. The van der Waals surface area contributed by atoms with Crippen LogP contribution in [-0.4, -0.2) is 26.9 Å². The molecule has 0 saturated carbocycles. The van der Waals surface area contributed by atoms with Crippen LogP contribution in [0.5, 0.6) is 5.75 Å². The molecule has 0 aliphatic carbocycles. The maximum absolute atomic E-state index is 5.35. The lowest BCUT2D eigenvalue weighted by atomic mass is 10.1. The molecule has 0 fully saturated rings. The largest absolute Gasteiger partial charge is 0.496 e. The fraction of sp³-hybridized carbons (Fsp3) is 0.571. The predicted molar refractivity (Wildman–Crippen MR) is 70.5 cm³/mol. The summed E-state index contributed by atoms with van der Waals surface area (Å²) in [5, 5.41) is 3.48. The normalized spacial score (nSPS) is 12.5. The summed E-state index contributed by atoms with van der Waals surface area (Å²) in [6.07, 6.45) is 1.02. The van der Waals surface area contributed by atoms with Gasteiger partial charge < -0.3 is 14.8 Å². The van der Waals surface area contributed by atoms with Gasteiger partial charge in [0.05, 0.1) is 7.11 Å². The number of methoxy groups -OCH3 is 2. The van der Waals surface area contributed by atoms with E-state index < -0.39 is 0 Å². The van der Waals surface area contributed by atoms with Crippen molar-refractivity contribution in [3.63, 3.8) is 0 Å². The quantitative estimate of drug-likeness (QED) is 0.790. The highest BCUT2D eigenvalue weighted by Gasteiger charge is 2.05. The predicted octanol–water partition coefficient (Wildman–Crippen LogP) is 2.52. The van der Waals surface area contributed by atoms with Crippen LogP contribution in [0.1, 0.15) is 24.5 Å². The third-order valence-corrected chi connectivity index (χ3v) is 2.83. The topological polar surface area (TPSA) is 30.5 Å². The van der Waals surface area contributed by atoms with E-state index >= 15 is 0 Å². The van der Waals surface area contributed by atoms with Crippen LogP contribution >= 0.6 is 0 Å². The third-order valence-electron chi connectivity index (χ3n) is 2.83. The van der Waals surface area contributed by atoms with Crippen molar-refractivity contribution in [1.29, 1.82) is 0 Å². The molecule has 1 N–H and O–H groups in total. The average Bonchev–Trinajstić information content (AvgIpc) is 2.34. The van der Waals surface area contributed by atoms with Gasteiger partial charge in [-0.1, -0.05) is 17.7 Å². The van der Waals surface area contributed by atoms with Crippen LogP contribution in [0.25, 0.3) is 0 Å². The van der Waals surface area contributed by atoms with Crippen LogP contribution in [0.4, 0.5) is 0 Å². The average molecular weight is 237 g/mol. The Bertz CT molecular complexity index is 339. The molecule has 1 rings (SSSR count). The van der Waals surface area contributed by atoms with Gasteiger partial charge in [0.2, 0.25) is 0 Å². The summed E-state index contributed by atoms with van der Waals surface area (Å²) in [7, 11) is 3.44. The molecule has 1 atom stereocenters. The first kappa shape index (κ1) is 14.0. The number of hydrogen-bond donors (Lipinski definition) is 1. The lowest BCUT2D eigenvalue weighted by Gasteiger charge is -2.15. The Morgan fingerprint density at radius 3 is 2.71 bits per heavy atom. The molecular formula is C14H23NO2. The Kier molecular flexibility index (Phi) is 6.01. The second kappa shape index (κ2) is 7.30. The summed E-state index contributed by atoms with van der Waals surface area (Å²) in [6, 6.07) is 6.69. The van der Waals surface area contributed by atoms with Crippen LogP contribution in [0, 0.1) is 6.92 Å². The Morgan fingerprint density at radius 2 is 2.06 bits per heavy atom. The number of ether oxygens (including phenoxy) is 2. The molecule has 0 heterocycles. The first-order valence-electron chi connectivity index (χ1n) is 6.03. The molecule has 1 aromatic carbocycles. The van der Waals surface area contributed by atoms with E-state index in [1.807, 2.05) is 6.07 Å². The third kappa shape index (κ3) is 4.75. The van der Waals surface area contributed by atoms with Gasteiger partial charge in [-0.25, -0.2) is 0 Å². The highest BCUT2D eigenvalue weighted by molar-refractivity contribution is 5.36. The molecule has 0 aromatic heterocycles. The second-order valence-electron chi connectivity index (χ2n) is 4.38. The smallest absolute Gasteiger partial charge is 0.123 e. The van der Waals surface area contributed by atoms with E-state index in [0.29, 0.717) is 6.04 Å². The number of rotatable bonds is 7. The number of benzene rings is 1. The monoisotopic (exact) mass is 237 g/mol. The Balaban J connectivity index is 2.52. The fourth-order valence-corrected chi connectivity index (χ4v) is 1.73. The Labute approximate surface area is 104 Å². The minimum absolute atomic E-state index is 0.445. The van der Waals surface area contributed by atoms with Gasteiger partial charge in [-0.2, -0.15) is 0 Å². The SMILES string of the molecule is COCCC(C)NCc1cc(C)ccc1OC. The molecular weight excluding hydrogens is 214 g/mol. The van der Waals surface area contributed by atoms with Gasteiger partial charge in [0, 0.05) is 31.9 Å². The maximum atomic E-state index is 5.35. The van der Waals surface area contributed by atoms with Crippen molar-refractivity contribution in [1.82, 2.24) is 5.32 Å². The number of hydrogen-bond acceptors (Lipinski definition) is 3. The van der Waals surface area contributed by atoms with E-state index in [4.69, 9.17) is 9.47 Å². The van der Waals surface area contributed by atoms with Crippen molar-refractivity contribution in [2.24, 2.45) is 0 Å². The van der Waals surface area contributed by atoms with E-state index in [0.717, 1.165) is 25.3 Å². The molecule has 0 amide bonds.